The SMILES string of the molecule is O=C(CSc1ncn(-c2ccccc2)n1)NCc1ccc(Cl)cc1Cl. The van der Waals surface area contributed by atoms with Crippen LogP contribution < -0.4 is 5.32 Å². The molecule has 1 heterocycles. The maximum Gasteiger partial charge on any atom is 0.230 e. The highest BCUT2D eigenvalue weighted by Gasteiger charge is 2.08. The third kappa shape index (κ3) is 4.98. The van der Waals surface area contributed by atoms with Crippen LogP contribution >= 0.6 is 35.0 Å². The van der Waals surface area contributed by atoms with E-state index in [-0.39, 0.29) is 11.7 Å². The molecule has 0 unspecified atom stereocenters. The van der Waals surface area contributed by atoms with Gasteiger partial charge in [-0.2, -0.15) is 0 Å². The second-order valence-corrected chi connectivity index (χ2v) is 6.89. The Hall–Kier alpha value is -2.02. The Morgan fingerprint density at radius 2 is 1.96 bits per heavy atom. The van der Waals surface area contributed by atoms with Crippen molar-refractivity contribution in [1.29, 1.82) is 0 Å². The Morgan fingerprint density at radius 3 is 2.72 bits per heavy atom. The number of hydrogen-bond donors (Lipinski definition) is 1. The average molecular weight is 393 g/mol. The van der Waals surface area contributed by atoms with Crippen LogP contribution in [0.3, 0.4) is 0 Å². The van der Waals surface area contributed by atoms with Gasteiger partial charge in [-0.05, 0) is 29.8 Å². The lowest BCUT2D eigenvalue weighted by atomic mass is 10.2. The lowest BCUT2D eigenvalue weighted by molar-refractivity contribution is -0.118. The number of carbonyl (C=O) groups is 1. The number of benzene rings is 2. The predicted molar refractivity (Wildman–Crippen MR) is 100 cm³/mol. The van der Waals surface area contributed by atoms with E-state index in [2.05, 4.69) is 15.4 Å². The molecule has 0 aliphatic carbocycles. The van der Waals surface area contributed by atoms with Gasteiger partial charge in [0.25, 0.3) is 0 Å². The molecule has 3 aromatic rings. The van der Waals surface area contributed by atoms with Crippen molar-refractivity contribution in [2.75, 3.05) is 5.75 Å². The molecule has 0 aliphatic rings. The number of amides is 1. The average Bonchev–Trinajstić information content (AvgIpc) is 3.09. The molecule has 0 spiro atoms. The first-order chi connectivity index (χ1) is 12.1. The maximum absolute atomic E-state index is 12.0. The van der Waals surface area contributed by atoms with Crippen molar-refractivity contribution >= 4 is 40.9 Å². The molecule has 3 rings (SSSR count). The largest absolute Gasteiger partial charge is 0.351 e. The standard InChI is InChI=1S/C17H14Cl2N4OS/c18-13-7-6-12(15(19)8-13)9-20-16(24)10-25-17-21-11-23(22-17)14-4-2-1-3-5-14/h1-8,11H,9-10H2,(H,20,24). The highest BCUT2D eigenvalue weighted by atomic mass is 35.5. The van der Waals surface area contributed by atoms with E-state index in [4.69, 9.17) is 23.2 Å². The second-order valence-electron chi connectivity index (χ2n) is 5.11. The Balaban J connectivity index is 1.50. The summed E-state index contributed by atoms with van der Waals surface area (Å²) in [6, 6.07) is 14.9. The molecule has 0 atom stereocenters. The van der Waals surface area contributed by atoms with Crippen LogP contribution in [0.15, 0.2) is 60.0 Å². The van der Waals surface area contributed by atoms with E-state index < -0.39 is 0 Å². The minimum atomic E-state index is -0.118. The highest BCUT2D eigenvalue weighted by Crippen LogP contribution is 2.21. The van der Waals surface area contributed by atoms with E-state index in [1.807, 2.05) is 30.3 Å². The lowest BCUT2D eigenvalue weighted by Gasteiger charge is -2.06. The fourth-order valence-corrected chi connectivity index (χ4v) is 3.16. The topological polar surface area (TPSA) is 59.8 Å². The number of halogens is 2. The van der Waals surface area contributed by atoms with E-state index >= 15 is 0 Å². The maximum atomic E-state index is 12.0. The third-order valence-electron chi connectivity index (χ3n) is 3.32. The second kappa shape index (κ2) is 8.38. The molecular formula is C17H14Cl2N4OS. The van der Waals surface area contributed by atoms with Crippen molar-refractivity contribution in [3.63, 3.8) is 0 Å². The van der Waals surface area contributed by atoms with Crippen LogP contribution in [0, 0.1) is 0 Å². The molecule has 0 aliphatic heterocycles. The van der Waals surface area contributed by atoms with Gasteiger partial charge in [-0.3, -0.25) is 4.79 Å². The van der Waals surface area contributed by atoms with Gasteiger partial charge in [-0.15, -0.1) is 5.10 Å². The number of nitrogens with one attached hydrogen (secondary N) is 1. The summed E-state index contributed by atoms with van der Waals surface area (Å²) in [6.45, 7) is 0.348. The van der Waals surface area contributed by atoms with Crippen LogP contribution in [0.1, 0.15) is 5.56 Å². The minimum absolute atomic E-state index is 0.118. The van der Waals surface area contributed by atoms with Crippen LogP contribution in [-0.2, 0) is 11.3 Å². The van der Waals surface area contributed by atoms with E-state index in [9.17, 15) is 4.79 Å². The van der Waals surface area contributed by atoms with Crippen molar-refractivity contribution in [2.24, 2.45) is 0 Å². The zero-order valence-electron chi connectivity index (χ0n) is 13.0. The molecule has 0 saturated carbocycles. The first-order valence-corrected chi connectivity index (χ1v) is 9.16. The lowest BCUT2D eigenvalue weighted by Crippen LogP contribution is -2.24. The quantitative estimate of drug-likeness (QED) is 0.644. The summed E-state index contributed by atoms with van der Waals surface area (Å²) >= 11 is 13.2. The number of rotatable bonds is 6. The molecule has 0 saturated heterocycles. The summed E-state index contributed by atoms with van der Waals surface area (Å²) in [7, 11) is 0. The molecule has 1 amide bonds. The van der Waals surface area contributed by atoms with Crippen molar-refractivity contribution in [1.82, 2.24) is 20.1 Å². The van der Waals surface area contributed by atoms with Crippen molar-refractivity contribution in [3.8, 4) is 5.69 Å². The minimum Gasteiger partial charge on any atom is -0.351 e. The Kier molecular flexibility index (Phi) is 5.96. The number of nitrogens with zero attached hydrogens (tertiary/aromatic N) is 3. The third-order valence-corrected chi connectivity index (χ3v) is 4.75. The number of para-hydroxylation sites is 1. The summed E-state index contributed by atoms with van der Waals surface area (Å²) in [5.74, 6) is 0.108. The van der Waals surface area contributed by atoms with Crippen molar-refractivity contribution in [2.45, 2.75) is 11.7 Å². The molecule has 1 aromatic heterocycles. The molecule has 1 N–H and O–H groups in total. The van der Waals surface area contributed by atoms with Crippen LogP contribution in [-0.4, -0.2) is 26.4 Å². The van der Waals surface area contributed by atoms with E-state index in [0.717, 1.165) is 11.3 Å². The van der Waals surface area contributed by atoms with Gasteiger partial charge in [0.05, 0.1) is 11.4 Å². The van der Waals surface area contributed by atoms with Crippen molar-refractivity contribution < 1.29 is 4.79 Å². The van der Waals surface area contributed by atoms with Gasteiger partial charge in [0.1, 0.15) is 6.33 Å². The van der Waals surface area contributed by atoms with Gasteiger partial charge in [0, 0.05) is 16.6 Å². The Labute approximate surface area is 159 Å². The van der Waals surface area contributed by atoms with Gasteiger partial charge in [0.2, 0.25) is 11.1 Å². The zero-order chi connectivity index (χ0) is 17.6. The van der Waals surface area contributed by atoms with Crippen molar-refractivity contribution in [3.05, 3.63) is 70.5 Å². The van der Waals surface area contributed by atoms with Gasteiger partial charge in [-0.25, -0.2) is 9.67 Å². The summed E-state index contributed by atoms with van der Waals surface area (Å²) < 4.78 is 1.67. The van der Waals surface area contributed by atoms with Gasteiger partial charge >= 0.3 is 0 Å². The van der Waals surface area contributed by atoms with Crippen LogP contribution in [0.25, 0.3) is 5.69 Å². The zero-order valence-corrected chi connectivity index (χ0v) is 15.4. The van der Waals surface area contributed by atoms with Gasteiger partial charge in [0.15, 0.2) is 0 Å². The molecule has 128 valence electrons. The number of aromatic nitrogens is 3. The monoisotopic (exact) mass is 392 g/mol. The molecule has 2 aromatic carbocycles. The molecule has 8 heteroatoms. The van der Waals surface area contributed by atoms with Gasteiger partial charge < -0.3 is 5.32 Å². The van der Waals surface area contributed by atoms with Crippen LogP contribution in [0.2, 0.25) is 10.0 Å². The number of hydrogen-bond acceptors (Lipinski definition) is 4. The Morgan fingerprint density at radius 1 is 1.16 bits per heavy atom. The predicted octanol–water partition coefficient (Wildman–Crippen LogP) is 3.98. The molecule has 25 heavy (non-hydrogen) atoms. The fourth-order valence-electron chi connectivity index (χ4n) is 2.06. The molecule has 0 radical (unpaired) electrons. The normalized spacial score (nSPS) is 10.6. The smallest absolute Gasteiger partial charge is 0.230 e. The molecule has 0 bridgehead atoms. The first-order valence-electron chi connectivity index (χ1n) is 7.42. The van der Waals surface area contributed by atoms with E-state index in [0.29, 0.717) is 21.7 Å². The van der Waals surface area contributed by atoms with Crippen LogP contribution in [0.5, 0.6) is 0 Å². The highest BCUT2D eigenvalue weighted by molar-refractivity contribution is 7.99. The fraction of sp³-hybridized carbons (Fsp3) is 0.118. The van der Waals surface area contributed by atoms with E-state index in [1.54, 1.807) is 29.2 Å². The molecular weight excluding hydrogens is 379 g/mol. The molecule has 0 fully saturated rings. The molecule has 5 nitrogen and oxygen atoms in total. The van der Waals surface area contributed by atoms with E-state index in [1.165, 1.54) is 11.8 Å². The van der Waals surface area contributed by atoms with Gasteiger partial charge in [-0.1, -0.05) is 59.2 Å². The first kappa shape index (κ1) is 17.8. The summed E-state index contributed by atoms with van der Waals surface area (Å²) in [6.07, 6.45) is 1.63. The van der Waals surface area contributed by atoms with Crippen LogP contribution in [0.4, 0.5) is 0 Å². The number of carbonyl (C=O) groups excluding carboxylic acids is 1. The number of thioether (sulfide) groups is 1. The summed E-state index contributed by atoms with van der Waals surface area (Å²) in [5, 5.41) is 8.81. The Bertz CT molecular complexity index is 870. The summed E-state index contributed by atoms with van der Waals surface area (Å²) in [5.41, 5.74) is 1.74. The summed E-state index contributed by atoms with van der Waals surface area (Å²) in [4.78, 5) is 16.2.